The lowest BCUT2D eigenvalue weighted by atomic mass is 10.1. The summed E-state index contributed by atoms with van der Waals surface area (Å²) in [6, 6.07) is 7.60. The van der Waals surface area contributed by atoms with E-state index in [-0.39, 0.29) is 30.6 Å². The van der Waals surface area contributed by atoms with Gasteiger partial charge in [-0.1, -0.05) is 0 Å². The van der Waals surface area contributed by atoms with E-state index in [1.807, 2.05) is 38.1 Å². The molecule has 1 amide bonds. The molecule has 1 N–H and O–H groups in total. The highest BCUT2D eigenvalue weighted by Gasteiger charge is 2.13. The van der Waals surface area contributed by atoms with Crippen LogP contribution >= 0.6 is 11.3 Å². The van der Waals surface area contributed by atoms with E-state index in [1.165, 1.54) is 11.3 Å². The molecule has 0 aliphatic rings. The Morgan fingerprint density at radius 2 is 2.09 bits per heavy atom. The molecular weight excluding hydrogens is 298 g/mol. The highest BCUT2D eigenvalue weighted by molar-refractivity contribution is 7.14. The molecule has 118 valence electrons. The van der Waals surface area contributed by atoms with Crippen LogP contribution in [0.5, 0.6) is 0 Å². The lowest BCUT2D eigenvalue weighted by molar-refractivity contribution is -0.121. The van der Waals surface area contributed by atoms with E-state index in [9.17, 15) is 9.59 Å². The van der Waals surface area contributed by atoms with Crippen molar-refractivity contribution >= 4 is 23.0 Å². The molecule has 0 saturated carbocycles. The summed E-state index contributed by atoms with van der Waals surface area (Å²) in [5, 5.41) is 2.92. The molecule has 22 heavy (non-hydrogen) atoms. The quantitative estimate of drug-likeness (QED) is 0.754. The van der Waals surface area contributed by atoms with Crippen LogP contribution in [-0.2, 0) is 11.2 Å². The largest absolute Gasteiger partial charge is 0.469 e. The third-order valence-electron chi connectivity index (χ3n) is 3.41. The zero-order valence-corrected chi connectivity index (χ0v) is 13.7. The monoisotopic (exact) mass is 319 g/mol. The third kappa shape index (κ3) is 5.15. The number of thiophene rings is 1. The second-order valence-corrected chi connectivity index (χ2v) is 6.71. The molecule has 4 nitrogen and oxygen atoms in total. The zero-order chi connectivity index (χ0) is 15.9. The third-order valence-corrected chi connectivity index (χ3v) is 4.45. The maximum Gasteiger partial charge on any atom is 0.220 e. The van der Waals surface area contributed by atoms with E-state index in [4.69, 9.17) is 4.42 Å². The first-order valence-electron chi connectivity index (χ1n) is 7.46. The number of furan rings is 1. The molecule has 1 unspecified atom stereocenters. The summed E-state index contributed by atoms with van der Waals surface area (Å²) < 4.78 is 5.26. The summed E-state index contributed by atoms with van der Waals surface area (Å²) in [5.74, 6) is 0.884. The van der Waals surface area contributed by atoms with Gasteiger partial charge in [-0.25, -0.2) is 0 Å². The Kier molecular flexibility index (Phi) is 5.95. The summed E-state index contributed by atoms with van der Waals surface area (Å²) in [5.41, 5.74) is 0. The minimum absolute atomic E-state index is 0.0384. The number of amides is 1. The van der Waals surface area contributed by atoms with Crippen molar-refractivity contribution in [1.29, 1.82) is 0 Å². The fourth-order valence-corrected chi connectivity index (χ4v) is 3.00. The first kappa shape index (κ1) is 16.5. The van der Waals surface area contributed by atoms with Crippen LogP contribution in [-0.4, -0.2) is 17.7 Å². The van der Waals surface area contributed by atoms with Gasteiger partial charge in [0.25, 0.3) is 0 Å². The molecule has 2 aromatic heterocycles. The Morgan fingerprint density at radius 3 is 2.73 bits per heavy atom. The minimum Gasteiger partial charge on any atom is -0.469 e. The van der Waals surface area contributed by atoms with Crippen molar-refractivity contribution in [2.24, 2.45) is 0 Å². The number of nitrogens with one attached hydrogen (secondary N) is 1. The van der Waals surface area contributed by atoms with Crippen LogP contribution in [0, 0.1) is 6.92 Å². The van der Waals surface area contributed by atoms with Crippen LogP contribution in [0.4, 0.5) is 0 Å². The molecule has 0 radical (unpaired) electrons. The molecular formula is C17H21NO3S. The molecule has 2 heterocycles. The minimum atomic E-state index is -0.0754. The van der Waals surface area contributed by atoms with E-state index in [0.717, 1.165) is 28.4 Å². The molecule has 2 rings (SSSR count). The van der Waals surface area contributed by atoms with Crippen LogP contribution in [0.1, 0.15) is 46.5 Å². The lowest BCUT2D eigenvalue weighted by Gasteiger charge is -2.12. The van der Waals surface area contributed by atoms with Crippen molar-refractivity contribution in [3.05, 3.63) is 46.0 Å². The van der Waals surface area contributed by atoms with Gasteiger partial charge in [-0.05, 0) is 44.5 Å². The Bertz CT molecular complexity index is 616. The number of rotatable bonds is 8. The Balaban J connectivity index is 1.67. The van der Waals surface area contributed by atoms with E-state index >= 15 is 0 Å². The highest BCUT2D eigenvalue weighted by Crippen LogP contribution is 2.17. The van der Waals surface area contributed by atoms with Gasteiger partial charge in [0.15, 0.2) is 5.78 Å². The van der Waals surface area contributed by atoms with Crippen molar-refractivity contribution in [2.45, 2.75) is 45.6 Å². The van der Waals surface area contributed by atoms with E-state index in [0.29, 0.717) is 0 Å². The lowest BCUT2D eigenvalue weighted by Crippen LogP contribution is -2.33. The standard InChI is InChI=1S/C17H21NO3S/c1-12(5-7-14-4-3-11-21-14)18-17(20)10-8-15(19)16-9-6-13(2)22-16/h3-4,6,9,11-12H,5,7-8,10H2,1-2H3,(H,18,20). The summed E-state index contributed by atoms with van der Waals surface area (Å²) in [6.07, 6.45) is 3.76. The molecule has 5 heteroatoms. The number of Topliss-reactive ketones (excluding diaryl/α,β-unsaturated/α-hetero) is 1. The Morgan fingerprint density at radius 1 is 1.27 bits per heavy atom. The predicted octanol–water partition coefficient (Wildman–Crippen LogP) is 3.75. The van der Waals surface area contributed by atoms with Gasteiger partial charge in [-0.15, -0.1) is 11.3 Å². The normalized spacial score (nSPS) is 12.1. The van der Waals surface area contributed by atoms with E-state index in [2.05, 4.69) is 5.32 Å². The average molecular weight is 319 g/mol. The van der Waals surface area contributed by atoms with Gasteiger partial charge >= 0.3 is 0 Å². The van der Waals surface area contributed by atoms with Crippen molar-refractivity contribution in [2.75, 3.05) is 0 Å². The van der Waals surface area contributed by atoms with Crippen LogP contribution in [0.15, 0.2) is 34.9 Å². The molecule has 2 aromatic rings. The van der Waals surface area contributed by atoms with Gasteiger partial charge in [-0.2, -0.15) is 0 Å². The zero-order valence-electron chi connectivity index (χ0n) is 12.9. The molecule has 0 bridgehead atoms. The number of ketones is 1. The van der Waals surface area contributed by atoms with Crippen molar-refractivity contribution < 1.29 is 14.0 Å². The second-order valence-electron chi connectivity index (χ2n) is 5.42. The maximum absolute atomic E-state index is 11.9. The fraction of sp³-hybridized carbons (Fsp3) is 0.412. The molecule has 0 saturated heterocycles. The summed E-state index contributed by atoms with van der Waals surface area (Å²) in [4.78, 5) is 25.7. The highest BCUT2D eigenvalue weighted by atomic mass is 32.1. The molecule has 0 aliphatic carbocycles. The van der Waals surface area contributed by atoms with Gasteiger partial charge in [0, 0.05) is 30.2 Å². The summed E-state index contributed by atoms with van der Waals surface area (Å²) in [7, 11) is 0. The number of hydrogen-bond acceptors (Lipinski definition) is 4. The first-order chi connectivity index (χ1) is 10.5. The SMILES string of the molecule is Cc1ccc(C(=O)CCC(=O)NC(C)CCc2ccco2)s1. The number of carbonyl (C=O) groups excluding carboxylic acids is 2. The first-order valence-corrected chi connectivity index (χ1v) is 8.27. The topological polar surface area (TPSA) is 59.3 Å². The van der Waals surface area contributed by atoms with Crippen molar-refractivity contribution in [3.8, 4) is 0 Å². The van der Waals surface area contributed by atoms with Gasteiger partial charge < -0.3 is 9.73 Å². The van der Waals surface area contributed by atoms with Gasteiger partial charge in [-0.3, -0.25) is 9.59 Å². The number of aryl methyl sites for hydroxylation is 2. The van der Waals surface area contributed by atoms with Crippen LogP contribution in [0.25, 0.3) is 0 Å². The predicted molar refractivity (Wildman–Crippen MR) is 87.3 cm³/mol. The maximum atomic E-state index is 11.9. The van der Waals surface area contributed by atoms with E-state index < -0.39 is 0 Å². The molecule has 0 aromatic carbocycles. The average Bonchev–Trinajstić information content (AvgIpc) is 3.14. The summed E-state index contributed by atoms with van der Waals surface area (Å²) in [6.45, 7) is 3.93. The van der Waals surface area contributed by atoms with E-state index in [1.54, 1.807) is 6.26 Å². The smallest absolute Gasteiger partial charge is 0.220 e. The molecule has 0 spiro atoms. The number of carbonyl (C=O) groups is 2. The van der Waals surface area contributed by atoms with Crippen LogP contribution in [0.2, 0.25) is 0 Å². The Hall–Kier alpha value is -1.88. The van der Waals surface area contributed by atoms with Crippen LogP contribution < -0.4 is 5.32 Å². The van der Waals surface area contributed by atoms with Crippen LogP contribution in [0.3, 0.4) is 0 Å². The molecule has 1 atom stereocenters. The van der Waals surface area contributed by atoms with Gasteiger partial charge in [0.1, 0.15) is 5.76 Å². The van der Waals surface area contributed by atoms with Gasteiger partial charge in [0.2, 0.25) is 5.91 Å². The fourth-order valence-electron chi connectivity index (χ4n) is 2.17. The summed E-state index contributed by atoms with van der Waals surface area (Å²) >= 11 is 1.48. The molecule has 0 aliphatic heterocycles. The Labute approximate surface area is 134 Å². The number of hydrogen-bond donors (Lipinski definition) is 1. The second kappa shape index (κ2) is 7.94. The molecule has 0 fully saturated rings. The van der Waals surface area contributed by atoms with Crippen molar-refractivity contribution in [1.82, 2.24) is 5.32 Å². The van der Waals surface area contributed by atoms with Gasteiger partial charge in [0.05, 0.1) is 11.1 Å². The van der Waals surface area contributed by atoms with Crippen molar-refractivity contribution in [3.63, 3.8) is 0 Å².